The number of ether oxygens (including phenoxy) is 2. The van der Waals surface area contributed by atoms with Gasteiger partial charge in [0, 0.05) is 81.1 Å². The highest BCUT2D eigenvalue weighted by Gasteiger charge is 2.41. The third kappa shape index (κ3) is 7.86. The SMILES string of the molecule is [C-]#[N+]c1cc(Cl)cc(C(C)(C)c2ccc(OCc3ccnc(N4CCN(C5CN(C6CCN(C(=O)OC(C)(C)C)C6)C5)CC4)n3)cc2)c1. The van der Waals surface area contributed by atoms with Crippen molar-refractivity contribution in [3.8, 4) is 5.75 Å². The van der Waals surface area contributed by atoms with Gasteiger partial charge in [0.15, 0.2) is 5.69 Å². The number of anilines is 1. The van der Waals surface area contributed by atoms with E-state index in [-0.39, 0.29) is 11.5 Å². The molecule has 3 aliphatic heterocycles. The van der Waals surface area contributed by atoms with E-state index in [1.54, 1.807) is 6.07 Å². The molecule has 10 nitrogen and oxygen atoms in total. The van der Waals surface area contributed by atoms with Crippen molar-refractivity contribution in [2.75, 3.05) is 57.3 Å². The van der Waals surface area contributed by atoms with Crippen LogP contribution in [-0.2, 0) is 16.8 Å². The van der Waals surface area contributed by atoms with E-state index in [1.807, 2.05) is 62.2 Å². The standard InChI is InChI=1S/C37H46ClN7O3/c1-36(2,3)48-35(46)44-14-12-31(22-44)45-23-32(24-45)42-15-17-43(18-16-42)34-40-13-11-29(41-34)25-47-33-9-7-26(8-10-33)37(4,5)27-19-28(38)21-30(20-27)39-6/h7-11,13,19-21,31-32H,12,14-18,22-25H2,1-5H3. The van der Waals surface area contributed by atoms with Gasteiger partial charge in [-0.05, 0) is 68.7 Å². The number of halogens is 1. The molecule has 0 aliphatic carbocycles. The van der Waals surface area contributed by atoms with Gasteiger partial charge in [0.2, 0.25) is 5.95 Å². The lowest BCUT2D eigenvalue weighted by molar-refractivity contribution is 0.000971. The van der Waals surface area contributed by atoms with Crippen molar-refractivity contribution in [3.05, 3.63) is 88.0 Å². The van der Waals surface area contributed by atoms with Gasteiger partial charge in [0.25, 0.3) is 0 Å². The lowest BCUT2D eigenvalue weighted by atomic mass is 9.78. The molecule has 2 aromatic carbocycles. The number of piperazine rings is 1. The number of carbonyl (C=O) groups excluding carboxylic acids is 1. The molecule has 6 rings (SSSR count). The van der Waals surface area contributed by atoms with Crippen LogP contribution in [0, 0.1) is 6.57 Å². The van der Waals surface area contributed by atoms with Gasteiger partial charge in [0.05, 0.1) is 12.3 Å². The monoisotopic (exact) mass is 671 g/mol. The van der Waals surface area contributed by atoms with Crippen molar-refractivity contribution in [2.45, 2.75) is 70.7 Å². The quantitative estimate of drug-likeness (QED) is 0.255. The Bertz CT molecular complexity index is 1640. The Kier molecular flexibility index (Phi) is 9.84. The molecule has 11 heteroatoms. The van der Waals surface area contributed by atoms with E-state index in [9.17, 15) is 4.79 Å². The Balaban J connectivity index is 0.957. The fourth-order valence-corrected chi connectivity index (χ4v) is 6.97. The molecule has 1 aromatic heterocycles. The predicted octanol–water partition coefficient (Wildman–Crippen LogP) is 6.40. The third-order valence-electron chi connectivity index (χ3n) is 9.73. The number of likely N-dealkylation sites (tertiary alicyclic amines) is 2. The van der Waals surface area contributed by atoms with Crippen LogP contribution in [0.3, 0.4) is 0 Å². The Labute approximate surface area is 289 Å². The lowest BCUT2D eigenvalue weighted by Gasteiger charge is -2.50. The molecule has 3 fully saturated rings. The summed E-state index contributed by atoms with van der Waals surface area (Å²) in [4.78, 5) is 34.7. The second-order valence-electron chi connectivity index (χ2n) is 14.6. The molecule has 0 spiro atoms. The number of hydrogen-bond acceptors (Lipinski definition) is 8. The van der Waals surface area contributed by atoms with Crippen LogP contribution >= 0.6 is 11.6 Å². The Morgan fingerprint density at radius 2 is 1.65 bits per heavy atom. The van der Waals surface area contributed by atoms with Gasteiger partial charge in [0.1, 0.15) is 18.0 Å². The molecule has 0 radical (unpaired) electrons. The van der Waals surface area contributed by atoms with E-state index >= 15 is 0 Å². The van der Waals surface area contributed by atoms with Crippen LogP contribution in [0.5, 0.6) is 5.75 Å². The average Bonchev–Trinajstić information content (AvgIpc) is 3.53. The average molecular weight is 672 g/mol. The molecule has 254 valence electrons. The highest BCUT2D eigenvalue weighted by Crippen LogP contribution is 2.36. The van der Waals surface area contributed by atoms with Gasteiger partial charge in [-0.3, -0.25) is 9.80 Å². The molecule has 0 bridgehead atoms. The molecule has 1 atom stereocenters. The highest BCUT2D eigenvalue weighted by atomic mass is 35.5. The molecular formula is C37H46ClN7O3. The molecule has 3 saturated heterocycles. The van der Waals surface area contributed by atoms with Crippen molar-refractivity contribution < 1.29 is 14.3 Å². The zero-order valence-corrected chi connectivity index (χ0v) is 29.4. The summed E-state index contributed by atoms with van der Waals surface area (Å²) in [6.45, 7) is 25.1. The maximum absolute atomic E-state index is 12.5. The summed E-state index contributed by atoms with van der Waals surface area (Å²) in [6.07, 6.45) is 2.63. The minimum absolute atomic E-state index is 0.197. The van der Waals surface area contributed by atoms with E-state index in [4.69, 9.17) is 32.6 Å². The maximum atomic E-state index is 12.5. The summed E-state index contributed by atoms with van der Waals surface area (Å²) in [5.74, 6) is 1.51. The molecule has 1 amide bonds. The van der Waals surface area contributed by atoms with E-state index in [0.29, 0.717) is 29.4 Å². The second-order valence-corrected chi connectivity index (χ2v) is 15.0. The Morgan fingerprint density at radius 1 is 0.917 bits per heavy atom. The minimum atomic E-state index is -0.461. The third-order valence-corrected chi connectivity index (χ3v) is 9.95. The van der Waals surface area contributed by atoms with Gasteiger partial charge in [-0.25, -0.2) is 19.6 Å². The molecule has 1 unspecified atom stereocenters. The largest absolute Gasteiger partial charge is 0.487 e. The van der Waals surface area contributed by atoms with Crippen LogP contribution in [0.15, 0.2) is 54.7 Å². The van der Waals surface area contributed by atoms with E-state index in [0.717, 1.165) is 87.3 Å². The first-order valence-corrected chi connectivity index (χ1v) is 17.2. The van der Waals surface area contributed by atoms with Crippen molar-refractivity contribution in [3.63, 3.8) is 0 Å². The zero-order chi connectivity index (χ0) is 34.1. The van der Waals surface area contributed by atoms with Gasteiger partial charge in [-0.15, -0.1) is 0 Å². The molecule has 3 aromatic rings. The van der Waals surface area contributed by atoms with Gasteiger partial charge in [-0.1, -0.05) is 43.6 Å². The van der Waals surface area contributed by atoms with Crippen LogP contribution in [-0.4, -0.2) is 101 Å². The zero-order valence-electron chi connectivity index (χ0n) is 28.7. The smallest absolute Gasteiger partial charge is 0.410 e. The topological polar surface area (TPSA) is 78.6 Å². The molecule has 3 aliphatic rings. The highest BCUT2D eigenvalue weighted by molar-refractivity contribution is 6.31. The molecular weight excluding hydrogens is 626 g/mol. The van der Waals surface area contributed by atoms with E-state index in [1.165, 1.54) is 0 Å². The van der Waals surface area contributed by atoms with Crippen molar-refractivity contribution in [1.82, 2.24) is 24.7 Å². The van der Waals surface area contributed by atoms with Crippen LogP contribution in [0.1, 0.15) is 57.9 Å². The fraction of sp³-hybridized carbons (Fsp3) is 0.514. The second kappa shape index (κ2) is 13.9. The first kappa shape index (κ1) is 34.0. The summed E-state index contributed by atoms with van der Waals surface area (Å²) < 4.78 is 11.7. The van der Waals surface area contributed by atoms with Crippen LogP contribution in [0.25, 0.3) is 4.85 Å². The van der Waals surface area contributed by atoms with Crippen molar-refractivity contribution >= 4 is 29.3 Å². The van der Waals surface area contributed by atoms with Crippen molar-refractivity contribution in [2.24, 2.45) is 0 Å². The Hall–Kier alpha value is -3.91. The van der Waals surface area contributed by atoms with Crippen LogP contribution in [0.2, 0.25) is 5.02 Å². The van der Waals surface area contributed by atoms with Crippen LogP contribution in [0.4, 0.5) is 16.4 Å². The maximum Gasteiger partial charge on any atom is 0.410 e. The van der Waals surface area contributed by atoms with Gasteiger partial charge in [-0.2, -0.15) is 0 Å². The van der Waals surface area contributed by atoms with Crippen LogP contribution < -0.4 is 9.64 Å². The van der Waals surface area contributed by atoms with Gasteiger partial charge < -0.3 is 19.3 Å². The summed E-state index contributed by atoms with van der Waals surface area (Å²) in [5, 5.41) is 0.567. The molecule has 0 saturated carbocycles. The number of benzene rings is 2. The Morgan fingerprint density at radius 3 is 2.33 bits per heavy atom. The molecule has 0 N–H and O–H groups in total. The molecule has 48 heavy (non-hydrogen) atoms. The first-order chi connectivity index (χ1) is 22.9. The van der Waals surface area contributed by atoms with E-state index < -0.39 is 5.60 Å². The normalized spacial score (nSPS) is 19.6. The number of rotatable bonds is 8. The summed E-state index contributed by atoms with van der Waals surface area (Å²) in [7, 11) is 0. The number of carbonyl (C=O) groups is 1. The van der Waals surface area contributed by atoms with Gasteiger partial charge >= 0.3 is 6.09 Å². The number of aromatic nitrogens is 2. The minimum Gasteiger partial charge on any atom is -0.487 e. The summed E-state index contributed by atoms with van der Waals surface area (Å²) in [6, 6.07) is 16.5. The number of nitrogens with zero attached hydrogens (tertiary/aromatic N) is 7. The fourth-order valence-electron chi connectivity index (χ4n) is 6.74. The summed E-state index contributed by atoms with van der Waals surface area (Å²) >= 11 is 6.29. The first-order valence-electron chi connectivity index (χ1n) is 16.8. The lowest BCUT2D eigenvalue weighted by Crippen LogP contribution is -2.65. The number of amides is 1. The number of hydrogen-bond donors (Lipinski definition) is 0. The van der Waals surface area contributed by atoms with E-state index in [2.05, 4.69) is 50.5 Å². The predicted molar refractivity (Wildman–Crippen MR) is 188 cm³/mol. The van der Waals surface area contributed by atoms with Crippen molar-refractivity contribution in [1.29, 1.82) is 0 Å². The summed E-state index contributed by atoms with van der Waals surface area (Å²) in [5.41, 5.74) is 2.69. The molecule has 4 heterocycles.